The molecule has 7 heteroatoms. The van der Waals surface area contributed by atoms with Crippen molar-refractivity contribution in [3.8, 4) is 5.75 Å². The van der Waals surface area contributed by atoms with Gasteiger partial charge in [-0.3, -0.25) is 9.69 Å². The van der Waals surface area contributed by atoms with Crippen LogP contribution in [0.1, 0.15) is 11.6 Å². The molecule has 1 saturated heterocycles. The topological polar surface area (TPSA) is 67.3 Å². The van der Waals surface area contributed by atoms with Crippen molar-refractivity contribution >= 4 is 33.4 Å². The molecule has 0 saturated carbocycles. The molecule has 1 N–H and O–H groups in total. The number of aromatic nitrogens is 2. The molecule has 1 unspecified atom stereocenters. The molecule has 0 bridgehead atoms. The Morgan fingerprint density at radius 1 is 1.33 bits per heavy atom. The molecule has 0 spiro atoms. The smallest absolute Gasteiger partial charge is 0.251 e. The number of hydrogen-bond acceptors (Lipinski definition) is 6. The van der Waals surface area contributed by atoms with E-state index < -0.39 is 6.04 Å². The van der Waals surface area contributed by atoms with Gasteiger partial charge in [0.05, 0.1) is 7.11 Å². The van der Waals surface area contributed by atoms with E-state index in [-0.39, 0.29) is 5.91 Å². The van der Waals surface area contributed by atoms with Gasteiger partial charge < -0.3 is 10.1 Å². The molecule has 1 aromatic carbocycles. The molecule has 3 heterocycles. The van der Waals surface area contributed by atoms with Crippen molar-refractivity contribution in [2.45, 2.75) is 6.04 Å². The summed E-state index contributed by atoms with van der Waals surface area (Å²) in [6.45, 7) is 1.21. The largest absolute Gasteiger partial charge is 0.496 e. The van der Waals surface area contributed by atoms with Gasteiger partial charge in [0, 0.05) is 30.2 Å². The fourth-order valence-electron chi connectivity index (χ4n) is 2.90. The van der Waals surface area contributed by atoms with Gasteiger partial charge >= 0.3 is 0 Å². The fraction of sp³-hybridized carbons (Fsp3) is 0.235. The fourth-order valence-corrected chi connectivity index (χ4v) is 3.63. The summed E-state index contributed by atoms with van der Waals surface area (Å²) >= 11 is 1.55. The molecular formula is C17H16N4O2S. The lowest BCUT2D eigenvalue weighted by Gasteiger charge is -2.32. The van der Waals surface area contributed by atoms with Gasteiger partial charge in [0.15, 0.2) is 0 Å². The number of carbonyl (C=O) groups excluding carboxylic acids is 1. The van der Waals surface area contributed by atoms with Crippen molar-refractivity contribution < 1.29 is 9.53 Å². The standard InChI is InChI=1S/C17H16N4O2S/c1-23-13-5-3-2-4-12(13)14-16(22)21(8-7-18-14)17-19-10-11-6-9-24-15(11)20-17/h2-6,9-10,14,18H,7-8H2,1H3. The number of para-hydroxylation sites is 1. The summed E-state index contributed by atoms with van der Waals surface area (Å²) in [6, 6.07) is 9.07. The monoisotopic (exact) mass is 340 g/mol. The third-order valence-electron chi connectivity index (χ3n) is 4.08. The maximum absolute atomic E-state index is 13.0. The SMILES string of the molecule is COc1ccccc1C1NCCN(c2ncc3ccsc3n2)C1=O. The summed E-state index contributed by atoms with van der Waals surface area (Å²) in [6.07, 6.45) is 1.77. The Kier molecular flexibility index (Phi) is 3.87. The molecule has 0 radical (unpaired) electrons. The van der Waals surface area contributed by atoms with E-state index in [1.165, 1.54) is 0 Å². The minimum atomic E-state index is -0.461. The lowest BCUT2D eigenvalue weighted by molar-refractivity contribution is -0.121. The summed E-state index contributed by atoms with van der Waals surface area (Å²) < 4.78 is 5.39. The molecule has 0 aliphatic carbocycles. The summed E-state index contributed by atoms with van der Waals surface area (Å²) in [5.41, 5.74) is 0.826. The molecular weight excluding hydrogens is 324 g/mol. The number of fused-ring (bicyclic) bond motifs is 1. The number of rotatable bonds is 3. The van der Waals surface area contributed by atoms with Gasteiger partial charge in [-0.25, -0.2) is 9.97 Å². The molecule has 1 fully saturated rings. The maximum Gasteiger partial charge on any atom is 0.251 e. The van der Waals surface area contributed by atoms with Crippen LogP contribution in [0.3, 0.4) is 0 Å². The Balaban J connectivity index is 1.69. The van der Waals surface area contributed by atoms with Crippen LogP contribution in [-0.4, -0.2) is 36.1 Å². The Morgan fingerprint density at radius 3 is 3.08 bits per heavy atom. The van der Waals surface area contributed by atoms with Crippen LogP contribution in [0.2, 0.25) is 0 Å². The molecule has 1 atom stereocenters. The number of benzene rings is 1. The number of piperazine rings is 1. The van der Waals surface area contributed by atoms with Crippen molar-refractivity contribution in [3.63, 3.8) is 0 Å². The Bertz CT molecular complexity index is 895. The van der Waals surface area contributed by atoms with Gasteiger partial charge in [-0.05, 0) is 17.5 Å². The number of amides is 1. The molecule has 4 rings (SSSR count). The summed E-state index contributed by atoms with van der Waals surface area (Å²) in [7, 11) is 1.61. The Labute approximate surface area is 143 Å². The van der Waals surface area contributed by atoms with Crippen LogP contribution in [-0.2, 0) is 4.79 Å². The van der Waals surface area contributed by atoms with Gasteiger partial charge in [-0.1, -0.05) is 18.2 Å². The van der Waals surface area contributed by atoms with E-state index in [2.05, 4.69) is 15.3 Å². The molecule has 1 amide bonds. The van der Waals surface area contributed by atoms with Crippen molar-refractivity contribution in [2.24, 2.45) is 0 Å². The van der Waals surface area contributed by atoms with Crippen LogP contribution < -0.4 is 15.0 Å². The molecule has 1 aliphatic heterocycles. The number of hydrogen-bond donors (Lipinski definition) is 1. The normalized spacial score (nSPS) is 18.1. The Morgan fingerprint density at radius 2 is 2.21 bits per heavy atom. The second-order valence-electron chi connectivity index (χ2n) is 5.47. The number of anilines is 1. The Hall–Kier alpha value is -2.51. The van der Waals surface area contributed by atoms with Gasteiger partial charge in [0.1, 0.15) is 16.6 Å². The first-order valence-electron chi connectivity index (χ1n) is 7.66. The second kappa shape index (κ2) is 6.18. The van der Waals surface area contributed by atoms with Crippen LogP contribution >= 0.6 is 11.3 Å². The summed E-state index contributed by atoms with van der Waals surface area (Å²) in [5.74, 6) is 1.08. The number of methoxy groups -OCH3 is 1. The van der Waals surface area contributed by atoms with Crippen molar-refractivity contribution in [1.29, 1.82) is 0 Å². The lowest BCUT2D eigenvalue weighted by Crippen LogP contribution is -2.51. The molecule has 1 aliphatic rings. The van der Waals surface area contributed by atoms with Crippen LogP contribution in [0.15, 0.2) is 41.9 Å². The number of ether oxygens (including phenoxy) is 1. The van der Waals surface area contributed by atoms with E-state index in [0.29, 0.717) is 24.8 Å². The van der Waals surface area contributed by atoms with Gasteiger partial charge in [0.25, 0.3) is 5.91 Å². The predicted octanol–water partition coefficient (Wildman–Crippen LogP) is 2.38. The molecule has 6 nitrogen and oxygen atoms in total. The number of thiophene rings is 1. The van der Waals surface area contributed by atoms with E-state index in [1.54, 1.807) is 29.5 Å². The van der Waals surface area contributed by atoms with Gasteiger partial charge in [0.2, 0.25) is 5.95 Å². The zero-order chi connectivity index (χ0) is 16.5. The minimum absolute atomic E-state index is 0.0679. The molecule has 3 aromatic rings. The molecule has 24 heavy (non-hydrogen) atoms. The third-order valence-corrected chi connectivity index (χ3v) is 4.91. The first-order valence-corrected chi connectivity index (χ1v) is 8.54. The van der Waals surface area contributed by atoms with E-state index in [4.69, 9.17) is 4.74 Å². The average molecular weight is 340 g/mol. The highest BCUT2D eigenvalue weighted by Crippen LogP contribution is 2.29. The first-order chi connectivity index (χ1) is 11.8. The molecule has 122 valence electrons. The molecule has 2 aromatic heterocycles. The van der Waals surface area contributed by atoms with Crippen LogP contribution in [0.4, 0.5) is 5.95 Å². The van der Waals surface area contributed by atoms with E-state index in [1.807, 2.05) is 35.7 Å². The van der Waals surface area contributed by atoms with Crippen molar-refractivity contribution in [1.82, 2.24) is 15.3 Å². The maximum atomic E-state index is 13.0. The predicted molar refractivity (Wildman–Crippen MR) is 93.5 cm³/mol. The minimum Gasteiger partial charge on any atom is -0.496 e. The lowest BCUT2D eigenvalue weighted by atomic mass is 10.0. The van der Waals surface area contributed by atoms with Crippen molar-refractivity contribution in [2.75, 3.05) is 25.1 Å². The highest BCUT2D eigenvalue weighted by molar-refractivity contribution is 7.16. The van der Waals surface area contributed by atoms with Crippen LogP contribution in [0.5, 0.6) is 5.75 Å². The summed E-state index contributed by atoms with van der Waals surface area (Å²) in [5, 5.41) is 6.23. The van der Waals surface area contributed by atoms with E-state index in [0.717, 1.165) is 15.8 Å². The highest BCUT2D eigenvalue weighted by Gasteiger charge is 2.33. The van der Waals surface area contributed by atoms with E-state index in [9.17, 15) is 4.79 Å². The zero-order valence-electron chi connectivity index (χ0n) is 13.1. The van der Waals surface area contributed by atoms with Crippen LogP contribution in [0.25, 0.3) is 10.2 Å². The average Bonchev–Trinajstić information content (AvgIpc) is 3.09. The summed E-state index contributed by atoms with van der Waals surface area (Å²) in [4.78, 5) is 24.4. The quantitative estimate of drug-likeness (QED) is 0.793. The third kappa shape index (κ3) is 2.51. The second-order valence-corrected chi connectivity index (χ2v) is 6.36. The van der Waals surface area contributed by atoms with Crippen molar-refractivity contribution in [3.05, 3.63) is 47.5 Å². The zero-order valence-corrected chi connectivity index (χ0v) is 13.9. The first kappa shape index (κ1) is 15.0. The highest BCUT2D eigenvalue weighted by atomic mass is 32.1. The number of nitrogens with zero attached hydrogens (tertiary/aromatic N) is 3. The van der Waals surface area contributed by atoms with Gasteiger partial charge in [-0.2, -0.15) is 0 Å². The van der Waals surface area contributed by atoms with Gasteiger partial charge in [-0.15, -0.1) is 11.3 Å². The van der Waals surface area contributed by atoms with Crippen LogP contribution in [0, 0.1) is 0 Å². The number of carbonyl (C=O) groups is 1. The number of nitrogens with one attached hydrogen (secondary N) is 1. The van der Waals surface area contributed by atoms with E-state index >= 15 is 0 Å².